The van der Waals surface area contributed by atoms with E-state index in [-0.39, 0.29) is 0 Å². The Hall–Kier alpha value is -0.520. The van der Waals surface area contributed by atoms with Crippen molar-refractivity contribution in [1.29, 1.82) is 0 Å². The number of hydrogen-bond acceptors (Lipinski definition) is 0. The van der Waals surface area contributed by atoms with E-state index in [9.17, 15) is 0 Å². The van der Waals surface area contributed by atoms with Crippen LogP contribution in [-0.2, 0) is 0 Å². The van der Waals surface area contributed by atoms with E-state index in [0.717, 1.165) is 0 Å². The van der Waals surface area contributed by atoms with E-state index < -0.39 is 0 Å². The van der Waals surface area contributed by atoms with E-state index in [2.05, 4.69) is 39.0 Å². The predicted octanol–water partition coefficient (Wildman–Crippen LogP) is 7.60. The van der Waals surface area contributed by atoms with E-state index in [4.69, 9.17) is 0 Å². The number of rotatable bonds is 14. The van der Waals surface area contributed by atoms with Crippen LogP contribution in [0.1, 0.15) is 104 Å². The molecule has 0 saturated carbocycles. The highest BCUT2D eigenvalue weighted by atomic mass is 14.0. The van der Waals surface area contributed by atoms with Crippen molar-refractivity contribution in [2.45, 2.75) is 104 Å². The van der Waals surface area contributed by atoms with Gasteiger partial charge >= 0.3 is 0 Å². The highest BCUT2D eigenvalue weighted by Gasteiger charge is 1.95. The fraction of sp³-hybridized carbons (Fsp3) is 0.800. The molecule has 0 unspecified atom stereocenters. The topological polar surface area (TPSA) is 0 Å². The van der Waals surface area contributed by atoms with Gasteiger partial charge in [0, 0.05) is 0 Å². The molecule has 0 heteroatoms. The molecule has 0 N–H and O–H groups in total. The quantitative estimate of drug-likeness (QED) is 0.227. The van der Waals surface area contributed by atoms with Crippen LogP contribution in [0.4, 0.5) is 0 Å². The number of allylic oxidation sites excluding steroid dienone is 4. The van der Waals surface area contributed by atoms with Crippen molar-refractivity contribution in [3.63, 3.8) is 0 Å². The Kier molecular flexibility index (Phi) is 16.1. The standard InChI is InChI=1S/C20H38/c1-4-7-8-9-10-11-12-13-14-15-16-17-19-20(6-3)18-5-2/h5-6,18H,4,7-17,19H2,1-3H3/b18-5-,20-6+. The van der Waals surface area contributed by atoms with E-state index >= 15 is 0 Å². The summed E-state index contributed by atoms with van der Waals surface area (Å²) in [4.78, 5) is 0. The lowest BCUT2D eigenvalue weighted by Gasteiger charge is -2.03. The molecule has 0 aliphatic carbocycles. The summed E-state index contributed by atoms with van der Waals surface area (Å²) >= 11 is 0. The van der Waals surface area contributed by atoms with Crippen LogP contribution < -0.4 is 0 Å². The second-order valence-electron chi connectivity index (χ2n) is 6.00. The summed E-state index contributed by atoms with van der Waals surface area (Å²) in [6.07, 6.45) is 25.1. The molecule has 0 amide bonds. The van der Waals surface area contributed by atoms with Gasteiger partial charge < -0.3 is 0 Å². The Morgan fingerprint density at radius 1 is 0.650 bits per heavy atom. The van der Waals surface area contributed by atoms with Gasteiger partial charge in [-0.3, -0.25) is 0 Å². The summed E-state index contributed by atoms with van der Waals surface area (Å²) in [5.41, 5.74) is 1.50. The first kappa shape index (κ1) is 19.5. The van der Waals surface area contributed by atoms with Crippen molar-refractivity contribution in [2.24, 2.45) is 0 Å². The van der Waals surface area contributed by atoms with Crippen molar-refractivity contribution < 1.29 is 0 Å². The largest absolute Gasteiger partial charge is 0.0874 e. The normalized spacial score (nSPS) is 12.4. The van der Waals surface area contributed by atoms with E-state index in [1.165, 1.54) is 89.0 Å². The molecule has 0 heterocycles. The minimum Gasteiger partial charge on any atom is -0.0874 e. The monoisotopic (exact) mass is 278 g/mol. The third-order valence-corrected chi connectivity index (χ3v) is 4.07. The molecule has 118 valence electrons. The predicted molar refractivity (Wildman–Crippen MR) is 94.3 cm³/mol. The average molecular weight is 279 g/mol. The highest BCUT2D eigenvalue weighted by molar-refractivity contribution is 5.16. The Balaban J connectivity index is 3.17. The van der Waals surface area contributed by atoms with Gasteiger partial charge in [0.05, 0.1) is 0 Å². The third kappa shape index (κ3) is 13.9. The van der Waals surface area contributed by atoms with Crippen molar-refractivity contribution in [3.8, 4) is 0 Å². The van der Waals surface area contributed by atoms with Gasteiger partial charge in [-0.25, -0.2) is 0 Å². The molecule has 0 nitrogen and oxygen atoms in total. The molecule has 0 spiro atoms. The molecule has 0 rings (SSSR count). The molecule has 0 atom stereocenters. The van der Waals surface area contributed by atoms with Crippen LogP contribution in [0.3, 0.4) is 0 Å². The lowest BCUT2D eigenvalue weighted by atomic mass is 10.0. The van der Waals surface area contributed by atoms with Crippen molar-refractivity contribution in [1.82, 2.24) is 0 Å². The SMILES string of the molecule is C/C=C\C(=C/C)CCCCCCCCCCCCCC. The van der Waals surface area contributed by atoms with E-state index in [1.54, 1.807) is 0 Å². The van der Waals surface area contributed by atoms with E-state index in [0.29, 0.717) is 0 Å². The summed E-state index contributed by atoms with van der Waals surface area (Å²) in [5.74, 6) is 0. The van der Waals surface area contributed by atoms with Gasteiger partial charge in [-0.2, -0.15) is 0 Å². The zero-order valence-corrected chi connectivity index (χ0v) is 14.4. The molecule has 0 aromatic rings. The van der Waals surface area contributed by atoms with Crippen LogP contribution in [0.5, 0.6) is 0 Å². The fourth-order valence-electron chi connectivity index (χ4n) is 2.71. The lowest BCUT2D eigenvalue weighted by molar-refractivity contribution is 0.544. The first-order valence-corrected chi connectivity index (χ1v) is 9.13. The van der Waals surface area contributed by atoms with Crippen molar-refractivity contribution in [2.75, 3.05) is 0 Å². The second-order valence-corrected chi connectivity index (χ2v) is 6.00. The van der Waals surface area contributed by atoms with Crippen LogP contribution in [0.25, 0.3) is 0 Å². The third-order valence-electron chi connectivity index (χ3n) is 4.07. The molecular formula is C20H38. The maximum Gasteiger partial charge on any atom is -0.0282 e. The Labute approximate surface area is 128 Å². The molecule has 20 heavy (non-hydrogen) atoms. The average Bonchev–Trinajstić information content (AvgIpc) is 2.47. The molecule has 0 fully saturated rings. The summed E-state index contributed by atoms with van der Waals surface area (Å²) in [5, 5.41) is 0. The molecule has 0 saturated heterocycles. The highest BCUT2D eigenvalue weighted by Crippen LogP contribution is 2.14. The van der Waals surface area contributed by atoms with Gasteiger partial charge in [-0.15, -0.1) is 0 Å². The summed E-state index contributed by atoms with van der Waals surface area (Å²) in [7, 11) is 0. The first-order chi connectivity index (χ1) is 9.85. The molecule has 0 aromatic carbocycles. The van der Waals surface area contributed by atoms with Crippen LogP contribution in [-0.4, -0.2) is 0 Å². The summed E-state index contributed by atoms with van der Waals surface area (Å²) in [6, 6.07) is 0. The van der Waals surface area contributed by atoms with Crippen LogP contribution in [0, 0.1) is 0 Å². The van der Waals surface area contributed by atoms with Gasteiger partial charge in [0.25, 0.3) is 0 Å². The van der Waals surface area contributed by atoms with Gasteiger partial charge in [0.1, 0.15) is 0 Å². The van der Waals surface area contributed by atoms with Gasteiger partial charge in [-0.1, -0.05) is 101 Å². The van der Waals surface area contributed by atoms with Crippen molar-refractivity contribution in [3.05, 3.63) is 23.8 Å². The van der Waals surface area contributed by atoms with Crippen molar-refractivity contribution >= 4 is 0 Å². The minimum absolute atomic E-state index is 1.26. The van der Waals surface area contributed by atoms with Crippen LogP contribution >= 0.6 is 0 Å². The van der Waals surface area contributed by atoms with E-state index in [1.807, 2.05) is 0 Å². The minimum atomic E-state index is 1.26. The maximum absolute atomic E-state index is 2.29. The number of hydrogen-bond donors (Lipinski definition) is 0. The van der Waals surface area contributed by atoms with Gasteiger partial charge in [-0.05, 0) is 26.7 Å². The molecular weight excluding hydrogens is 240 g/mol. The molecule has 0 aliphatic heterocycles. The van der Waals surface area contributed by atoms with Gasteiger partial charge in [0.15, 0.2) is 0 Å². The lowest BCUT2D eigenvalue weighted by Crippen LogP contribution is -1.84. The zero-order valence-electron chi connectivity index (χ0n) is 14.4. The Morgan fingerprint density at radius 2 is 1.10 bits per heavy atom. The van der Waals surface area contributed by atoms with Crippen LogP contribution in [0.15, 0.2) is 23.8 Å². The zero-order chi connectivity index (χ0) is 14.9. The second kappa shape index (κ2) is 16.5. The number of unbranched alkanes of at least 4 members (excludes halogenated alkanes) is 11. The molecule has 0 aliphatic rings. The molecule has 0 radical (unpaired) electrons. The smallest absolute Gasteiger partial charge is 0.0282 e. The fourth-order valence-corrected chi connectivity index (χ4v) is 2.71. The molecule has 0 bridgehead atoms. The Morgan fingerprint density at radius 3 is 1.50 bits per heavy atom. The first-order valence-electron chi connectivity index (χ1n) is 9.13. The summed E-state index contributed by atoms with van der Waals surface area (Å²) in [6.45, 7) is 6.54. The maximum atomic E-state index is 2.29. The van der Waals surface area contributed by atoms with Gasteiger partial charge in [0.2, 0.25) is 0 Å². The summed E-state index contributed by atoms with van der Waals surface area (Å²) < 4.78 is 0. The van der Waals surface area contributed by atoms with Crippen LogP contribution in [0.2, 0.25) is 0 Å². The molecule has 0 aromatic heterocycles. The Bertz CT molecular complexity index is 234.